The molecule has 0 aliphatic carbocycles. The van der Waals surface area contributed by atoms with Gasteiger partial charge in [-0.05, 0) is 12.1 Å². The van der Waals surface area contributed by atoms with Crippen LogP contribution in [0.3, 0.4) is 0 Å². The minimum Gasteiger partial charge on any atom is -0.508 e. The molecule has 1 aromatic rings. The Morgan fingerprint density at radius 2 is 2.17 bits per heavy atom. The average molecular weight is 187 g/mol. The van der Waals surface area contributed by atoms with Crippen molar-refractivity contribution in [1.29, 1.82) is 0 Å². The van der Waals surface area contributed by atoms with Crippen molar-refractivity contribution in [2.75, 3.05) is 6.54 Å². The Bertz CT molecular complexity index is 258. The Labute approximate surface area is 75.9 Å². The monoisotopic (exact) mass is 186 g/mol. The maximum Gasteiger partial charge on any atom is 0.121 e. The van der Waals surface area contributed by atoms with Crippen LogP contribution in [-0.4, -0.2) is 11.7 Å². The first kappa shape index (κ1) is 9.32. The van der Waals surface area contributed by atoms with Crippen molar-refractivity contribution in [2.45, 2.75) is 6.04 Å². The average Bonchev–Trinajstić information content (AvgIpc) is 2.03. The molecule has 12 heavy (non-hydrogen) atoms. The molecule has 5 N–H and O–H groups in total. The van der Waals surface area contributed by atoms with Crippen molar-refractivity contribution in [2.24, 2.45) is 11.5 Å². The molecule has 3 nitrogen and oxygen atoms in total. The van der Waals surface area contributed by atoms with Gasteiger partial charge < -0.3 is 16.6 Å². The van der Waals surface area contributed by atoms with Crippen LogP contribution in [-0.2, 0) is 0 Å². The minimum absolute atomic E-state index is 0.0976. The number of nitrogens with two attached hydrogens (primary N) is 2. The summed E-state index contributed by atoms with van der Waals surface area (Å²) in [6, 6.07) is 4.46. The van der Waals surface area contributed by atoms with Gasteiger partial charge in [0.1, 0.15) is 5.75 Å². The van der Waals surface area contributed by atoms with Crippen molar-refractivity contribution in [3.8, 4) is 5.75 Å². The molecule has 0 aliphatic heterocycles. The molecule has 66 valence electrons. The van der Waals surface area contributed by atoms with Crippen LogP contribution in [0.4, 0.5) is 0 Å². The predicted molar refractivity (Wildman–Crippen MR) is 49.1 cm³/mol. The van der Waals surface area contributed by atoms with E-state index in [9.17, 15) is 5.11 Å². The van der Waals surface area contributed by atoms with Gasteiger partial charge in [0.25, 0.3) is 0 Å². The van der Waals surface area contributed by atoms with Crippen LogP contribution >= 0.6 is 11.6 Å². The number of phenolic OH excluding ortho intramolecular Hbond substituents is 1. The first-order valence-corrected chi connectivity index (χ1v) is 3.97. The Balaban J connectivity index is 3.12. The molecule has 0 saturated carbocycles. The second-order valence-electron chi connectivity index (χ2n) is 2.51. The number of halogens is 1. The van der Waals surface area contributed by atoms with Crippen molar-refractivity contribution < 1.29 is 5.11 Å². The Hall–Kier alpha value is -0.770. The molecule has 0 amide bonds. The van der Waals surface area contributed by atoms with Gasteiger partial charge in [0.2, 0.25) is 0 Å². The van der Waals surface area contributed by atoms with Gasteiger partial charge >= 0.3 is 0 Å². The number of hydrogen-bond donors (Lipinski definition) is 3. The molecule has 1 rings (SSSR count). The maximum absolute atomic E-state index is 9.37. The zero-order valence-corrected chi connectivity index (χ0v) is 7.25. The van der Waals surface area contributed by atoms with Crippen molar-refractivity contribution in [3.63, 3.8) is 0 Å². The third-order valence-electron chi connectivity index (χ3n) is 1.65. The number of aromatic hydroxyl groups is 1. The molecule has 0 aliphatic rings. The van der Waals surface area contributed by atoms with Crippen LogP contribution in [0.25, 0.3) is 0 Å². The fraction of sp³-hybridized carbons (Fsp3) is 0.250. The highest BCUT2D eigenvalue weighted by Crippen LogP contribution is 2.29. The van der Waals surface area contributed by atoms with Crippen LogP contribution in [0.2, 0.25) is 5.02 Å². The normalized spacial score (nSPS) is 12.9. The number of benzene rings is 1. The van der Waals surface area contributed by atoms with E-state index < -0.39 is 6.04 Å². The van der Waals surface area contributed by atoms with Crippen molar-refractivity contribution >= 4 is 11.6 Å². The van der Waals surface area contributed by atoms with E-state index in [-0.39, 0.29) is 12.3 Å². The lowest BCUT2D eigenvalue weighted by Crippen LogP contribution is -2.21. The summed E-state index contributed by atoms with van der Waals surface area (Å²) in [6.07, 6.45) is 0. The van der Waals surface area contributed by atoms with Crippen LogP contribution in [0.15, 0.2) is 18.2 Å². The van der Waals surface area contributed by atoms with Gasteiger partial charge in [-0.15, -0.1) is 0 Å². The van der Waals surface area contributed by atoms with Crippen molar-refractivity contribution in [1.82, 2.24) is 0 Å². The van der Waals surface area contributed by atoms with Gasteiger partial charge in [0.05, 0.1) is 0 Å². The summed E-state index contributed by atoms with van der Waals surface area (Å²) in [4.78, 5) is 0. The smallest absolute Gasteiger partial charge is 0.121 e. The Kier molecular flexibility index (Phi) is 2.92. The van der Waals surface area contributed by atoms with Crippen molar-refractivity contribution in [3.05, 3.63) is 28.8 Å². The van der Waals surface area contributed by atoms with Crippen LogP contribution in [0.1, 0.15) is 11.6 Å². The fourth-order valence-electron chi connectivity index (χ4n) is 1.01. The van der Waals surface area contributed by atoms with Crippen LogP contribution < -0.4 is 11.5 Å². The molecule has 0 aromatic heterocycles. The highest BCUT2D eigenvalue weighted by Gasteiger charge is 2.12. The van der Waals surface area contributed by atoms with Gasteiger partial charge in [-0.3, -0.25) is 0 Å². The highest BCUT2D eigenvalue weighted by molar-refractivity contribution is 6.31. The van der Waals surface area contributed by atoms with Gasteiger partial charge in [0, 0.05) is 23.2 Å². The lowest BCUT2D eigenvalue weighted by atomic mass is 10.1. The first-order chi connectivity index (χ1) is 5.66. The Morgan fingerprint density at radius 3 is 2.67 bits per heavy atom. The van der Waals surface area contributed by atoms with Gasteiger partial charge in [-0.1, -0.05) is 17.7 Å². The van der Waals surface area contributed by atoms with E-state index in [4.69, 9.17) is 23.1 Å². The van der Waals surface area contributed by atoms with E-state index in [1.165, 1.54) is 6.07 Å². The lowest BCUT2D eigenvalue weighted by Gasteiger charge is -2.12. The second kappa shape index (κ2) is 3.76. The van der Waals surface area contributed by atoms with E-state index in [2.05, 4.69) is 0 Å². The summed E-state index contributed by atoms with van der Waals surface area (Å²) in [5.41, 5.74) is 11.5. The summed E-state index contributed by atoms with van der Waals surface area (Å²) in [6.45, 7) is 0.261. The Morgan fingerprint density at radius 1 is 1.50 bits per heavy atom. The molecular weight excluding hydrogens is 176 g/mol. The molecule has 0 spiro atoms. The van der Waals surface area contributed by atoms with Crippen LogP contribution in [0, 0.1) is 0 Å². The molecule has 0 heterocycles. The van der Waals surface area contributed by atoms with Gasteiger partial charge in [-0.25, -0.2) is 0 Å². The molecule has 0 radical (unpaired) electrons. The number of rotatable bonds is 2. The van der Waals surface area contributed by atoms with E-state index in [0.717, 1.165) is 0 Å². The largest absolute Gasteiger partial charge is 0.508 e. The van der Waals surface area contributed by atoms with Crippen LogP contribution in [0.5, 0.6) is 5.75 Å². The van der Waals surface area contributed by atoms with E-state index >= 15 is 0 Å². The summed E-state index contributed by atoms with van der Waals surface area (Å²) in [5.74, 6) is 0.0976. The lowest BCUT2D eigenvalue weighted by molar-refractivity contribution is 0.462. The highest BCUT2D eigenvalue weighted by atomic mass is 35.5. The minimum atomic E-state index is -0.404. The van der Waals surface area contributed by atoms with Gasteiger partial charge in [-0.2, -0.15) is 0 Å². The maximum atomic E-state index is 9.37. The molecule has 1 aromatic carbocycles. The zero-order valence-electron chi connectivity index (χ0n) is 6.50. The number of phenols is 1. The van der Waals surface area contributed by atoms with Gasteiger partial charge in [0.15, 0.2) is 0 Å². The molecule has 0 bridgehead atoms. The summed E-state index contributed by atoms with van der Waals surface area (Å²) in [5, 5.41) is 9.82. The molecule has 4 heteroatoms. The predicted octanol–water partition coefficient (Wildman–Crippen LogP) is 1.00. The SMILES string of the molecule is NC[C@@H](N)c1c(O)cccc1Cl. The molecular formula is C8H11ClN2O. The number of hydrogen-bond acceptors (Lipinski definition) is 3. The van der Waals surface area contributed by atoms with E-state index in [1.807, 2.05) is 0 Å². The first-order valence-electron chi connectivity index (χ1n) is 3.60. The zero-order chi connectivity index (χ0) is 9.14. The molecule has 0 unspecified atom stereocenters. The molecule has 0 fully saturated rings. The summed E-state index contributed by atoms with van der Waals surface area (Å²) < 4.78 is 0. The quantitative estimate of drug-likeness (QED) is 0.646. The standard InChI is InChI=1S/C8H11ClN2O/c9-5-2-1-3-7(12)8(5)6(11)4-10/h1-3,6,12H,4,10-11H2/t6-/m1/s1. The van der Waals surface area contributed by atoms with E-state index in [1.54, 1.807) is 12.1 Å². The summed E-state index contributed by atoms with van der Waals surface area (Å²) >= 11 is 5.81. The third kappa shape index (κ3) is 1.69. The molecule has 1 atom stereocenters. The topological polar surface area (TPSA) is 72.3 Å². The summed E-state index contributed by atoms with van der Waals surface area (Å²) in [7, 11) is 0. The van der Waals surface area contributed by atoms with E-state index in [0.29, 0.717) is 10.6 Å². The molecule has 0 saturated heterocycles. The fourth-order valence-corrected chi connectivity index (χ4v) is 1.32. The third-order valence-corrected chi connectivity index (χ3v) is 1.98. The second-order valence-corrected chi connectivity index (χ2v) is 2.92.